The molecule has 15 heavy (non-hydrogen) atoms. The van der Waals surface area contributed by atoms with Gasteiger partial charge in [-0.25, -0.2) is 0 Å². The molecule has 4 nitrogen and oxygen atoms in total. The lowest BCUT2D eigenvalue weighted by molar-refractivity contribution is -0.147. The van der Waals surface area contributed by atoms with Crippen molar-refractivity contribution in [3.63, 3.8) is 0 Å². The van der Waals surface area contributed by atoms with Crippen LogP contribution in [0.1, 0.15) is 26.7 Å². The molecule has 0 aromatic heterocycles. The molecule has 1 N–H and O–H groups in total. The molecule has 0 unspecified atom stereocenters. The van der Waals surface area contributed by atoms with Gasteiger partial charge in [0.05, 0.1) is 7.11 Å². The van der Waals surface area contributed by atoms with Crippen LogP contribution in [0.2, 0.25) is 0 Å². The minimum Gasteiger partial charge on any atom is -0.468 e. The zero-order valence-electron chi connectivity index (χ0n) is 9.84. The maximum Gasteiger partial charge on any atom is 0.325 e. The van der Waals surface area contributed by atoms with Crippen LogP contribution in [-0.4, -0.2) is 38.4 Å². The number of methoxy groups -OCH3 is 1. The summed E-state index contributed by atoms with van der Waals surface area (Å²) < 4.78 is 10.0. The molecule has 0 aliphatic carbocycles. The van der Waals surface area contributed by atoms with Gasteiger partial charge in [-0.2, -0.15) is 0 Å². The fraction of sp³-hybridized carbons (Fsp3) is 0.909. The first-order valence-corrected chi connectivity index (χ1v) is 5.47. The average Bonchev–Trinajstić information content (AvgIpc) is 2.27. The Morgan fingerprint density at radius 1 is 1.47 bits per heavy atom. The number of nitrogens with one attached hydrogen (secondary N) is 1. The van der Waals surface area contributed by atoms with Crippen LogP contribution in [-0.2, 0) is 14.3 Å². The van der Waals surface area contributed by atoms with Gasteiger partial charge in [0, 0.05) is 13.2 Å². The van der Waals surface area contributed by atoms with Crippen LogP contribution < -0.4 is 5.32 Å². The monoisotopic (exact) mass is 215 g/mol. The van der Waals surface area contributed by atoms with Gasteiger partial charge in [0.25, 0.3) is 0 Å². The molecule has 1 aliphatic heterocycles. The lowest BCUT2D eigenvalue weighted by Gasteiger charge is -2.28. The molecular weight excluding hydrogens is 194 g/mol. The van der Waals surface area contributed by atoms with Crippen LogP contribution in [0.3, 0.4) is 0 Å². The van der Waals surface area contributed by atoms with Gasteiger partial charge in [-0.1, -0.05) is 0 Å². The third-order valence-corrected chi connectivity index (χ3v) is 2.87. The van der Waals surface area contributed by atoms with Crippen molar-refractivity contribution < 1.29 is 14.3 Å². The highest BCUT2D eigenvalue weighted by molar-refractivity contribution is 5.79. The first kappa shape index (κ1) is 12.5. The quantitative estimate of drug-likeness (QED) is 0.709. The number of rotatable bonds is 4. The van der Waals surface area contributed by atoms with Crippen molar-refractivity contribution in [1.29, 1.82) is 0 Å². The van der Waals surface area contributed by atoms with Crippen LogP contribution in [0.5, 0.6) is 0 Å². The molecule has 4 heteroatoms. The lowest BCUT2D eigenvalue weighted by atomic mass is 9.98. The van der Waals surface area contributed by atoms with Crippen LogP contribution in [0.4, 0.5) is 0 Å². The van der Waals surface area contributed by atoms with E-state index in [9.17, 15) is 4.79 Å². The molecule has 0 atom stereocenters. The number of hydrogen-bond acceptors (Lipinski definition) is 4. The minimum absolute atomic E-state index is 0.213. The minimum atomic E-state index is -0.590. The lowest BCUT2D eigenvalue weighted by Crippen LogP contribution is -2.49. The molecule has 1 rings (SSSR count). The van der Waals surface area contributed by atoms with Gasteiger partial charge >= 0.3 is 5.97 Å². The molecule has 88 valence electrons. The molecule has 0 aromatic carbocycles. The highest BCUT2D eigenvalue weighted by Gasteiger charge is 2.29. The zero-order valence-corrected chi connectivity index (χ0v) is 9.84. The summed E-state index contributed by atoms with van der Waals surface area (Å²) in [5, 5.41) is 3.25. The van der Waals surface area contributed by atoms with Crippen molar-refractivity contribution >= 4 is 5.97 Å². The molecule has 1 saturated heterocycles. The summed E-state index contributed by atoms with van der Waals surface area (Å²) in [4.78, 5) is 11.4. The Hall–Kier alpha value is -0.610. The summed E-state index contributed by atoms with van der Waals surface area (Å²) in [6.45, 7) is 6.22. The standard InChI is InChI=1S/C11H21NO3/c1-11(2,10(13)14-3)12-8-9-4-6-15-7-5-9/h9,12H,4-8H2,1-3H3. The summed E-state index contributed by atoms with van der Waals surface area (Å²) >= 11 is 0. The van der Waals surface area contributed by atoms with Gasteiger partial charge in [0.15, 0.2) is 0 Å². The van der Waals surface area contributed by atoms with E-state index < -0.39 is 5.54 Å². The zero-order chi connectivity index (χ0) is 11.3. The van der Waals surface area contributed by atoms with E-state index in [-0.39, 0.29) is 5.97 Å². The van der Waals surface area contributed by atoms with Crippen LogP contribution in [0.25, 0.3) is 0 Å². The second kappa shape index (κ2) is 5.47. The number of hydrogen-bond donors (Lipinski definition) is 1. The Balaban J connectivity index is 2.31. The Morgan fingerprint density at radius 3 is 2.60 bits per heavy atom. The highest BCUT2D eigenvalue weighted by Crippen LogP contribution is 2.15. The number of esters is 1. The van der Waals surface area contributed by atoms with E-state index in [2.05, 4.69) is 5.32 Å². The topological polar surface area (TPSA) is 47.6 Å². The molecule has 0 saturated carbocycles. The van der Waals surface area contributed by atoms with Crippen molar-refractivity contribution in [3.05, 3.63) is 0 Å². The second-order valence-electron chi connectivity index (χ2n) is 4.55. The normalized spacial score (nSPS) is 18.9. The Labute approximate surface area is 91.3 Å². The third kappa shape index (κ3) is 3.80. The summed E-state index contributed by atoms with van der Waals surface area (Å²) in [6, 6.07) is 0. The van der Waals surface area contributed by atoms with Gasteiger partial charge in [-0.05, 0) is 39.2 Å². The van der Waals surface area contributed by atoms with Crippen molar-refractivity contribution in [2.45, 2.75) is 32.2 Å². The molecule has 1 heterocycles. The van der Waals surface area contributed by atoms with Gasteiger partial charge in [0.1, 0.15) is 5.54 Å². The van der Waals surface area contributed by atoms with E-state index in [1.54, 1.807) is 0 Å². The van der Waals surface area contributed by atoms with Crippen molar-refractivity contribution in [1.82, 2.24) is 5.32 Å². The van der Waals surface area contributed by atoms with Crippen molar-refractivity contribution in [2.24, 2.45) is 5.92 Å². The van der Waals surface area contributed by atoms with E-state index in [0.717, 1.165) is 32.6 Å². The molecule has 1 fully saturated rings. The van der Waals surface area contributed by atoms with Crippen molar-refractivity contribution in [3.8, 4) is 0 Å². The molecule has 1 aliphatic rings. The van der Waals surface area contributed by atoms with Gasteiger partial charge in [0.2, 0.25) is 0 Å². The molecular formula is C11H21NO3. The van der Waals surface area contributed by atoms with E-state index in [4.69, 9.17) is 9.47 Å². The summed E-state index contributed by atoms with van der Waals surface area (Å²) in [7, 11) is 1.42. The van der Waals surface area contributed by atoms with Gasteiger partial charge < -0.3 is 14.8 Å². The highest BCUT2D eigenvalue weighted by atomic mass is 16.5. The summed E-state index contributed by atoms with van der Waals surface area (Å²) in [5.41, 5.74) is -0.590. The smallest absolute Gasteiger partial charge is 0.325 e. The Morgan fingerprint density at radius 2 is 2.07 bits per heavy atom. The predicted molar refractivity (Wildman–Crippen MR) is 57.6 cm³/mol. The van der Waals surface area contributed by atoms with Crippen LogP contribution in [0.15, 0.2) is 0 Å². The largest absolute Gasteiger partial charge is 0.468 e. The van der Waals surface area contributed by atoms with Crippen LogP contribution >= 0.6 is 0 Å². The second-order valence-corrected chi connectivity index (χ2v) is 4.55. The molecule has 0 spiro atoms. The van der Waals surface area contributed by atoms with Gasteiger partial charge in [-0.3, -0.25) is 4.79 Å². The Kier molecular flexibility index (Phi) is 4.54. The molecule has 0 bridgehead atoms. The van der Waals surface area contributed by atoms with E-state index in [0.29, 0.717) is 5.92 Å². The molecule has 0 amide bonds. The first-order chi connectivity index (χ1) is 7.06. The average molecular weight is 215 g/mol. The van der Waals surface area contributed by atoms with E-state index in [1.807, 2.05) is 13.8 Å². The summed E-state index contributed by atoms with van der Waals surface area (Å²) in [5.74, 6) is 0.400. The first-order valence-electron chi connectivity index (χ1n) is 5.47. The Bertz CT molecular complexity index is 210. The SMILES string of the molecule is COC(=O)C(C)(C)NCC1CCOCC1. The number of ether oxygens (including phenoxy) is 2. The number of carbonyl (C=O) groups excluding carboxylic acids is 1. The maximum atomic E-state index is 11.4. The molecule has 0 radical (unpaired) electrons. The number of carbonyl (C=O) groups is 1. The van der Waals surface area contributed by atoms with E-state index in [1.165, 1.54) is 7.11 Å². The van der Waals surface area contributed by atoms with Crippen molar-refractivity contribution in [2.75, 3.05) is 26.9 Å². The predicted octanol–water partition coefficient (Wildman–Crippen LogP) is 0.954. The summed E-state index contributed by atoms with van der Waals surface area (Å²) in [6.07, 6.45) is 2.15. The molecule has 0 aromatic rings. The fourth-order valence-electron chi connectivity index (χ4n) is 1.68. The van der Waals surface area contributed by atoms with E-state index >= 15 is 0 Å². The van der Waals surface area contributed by atoms with Crippen LogP contribution in [0, 0.1) is 5.92 Å². The maximum absolute atomic E-state index is 11.4. The third-order valence-electron chi connectivity index (χ3n) is 2.87. The van der Waals surface area contributed by atoms with Gasteiger partial charge in [-0.15, -0.1) is 0 Å². The fourth-order valence-corrected chi connectivity index (χ4v) is 1.68.